The lowest BCUT2D eigenvalue weighted by atomic mass is 9.86. The Bertz CT molecular complexity index is 179. The van der Waals surface area contributed by atoms with Gasteiger partial charge in [0.2, 0.25) is 5.91 Å². The second-order valence-corrected chi connectivity index (χ2v) is 4.48. The number of amides is 1. The van der Waals surface area contributed by atoms with E-state index in [4.69, 9.17) is 5.73 Å². The van der Waals surface area contributed by atoms with E-state index in [1.807, 2.05) is 20.8 Å². The zero-order valence-electron chi connectivity index (χ0n) is 8.05. The van der Waals surface area contributed by atoms with E-state index in [0.717, 1.165) is 19.5 Å². The van der Waals surface area contributed by atoms with Crippen LogP contribution in [0.3, 0.4) is 0 Å². The third kappa shape index (κ3) is 1.78. The maximum Gasteiger partial charge on any atom is 0.241 e. The molecule has 0 aromatic carbocycles. The van der Waals surface area contributed by atoms with Crippen LogP contribution in [0.2, 0.25) is 0 Å². The average Bonchev–Trinajstić information content (AvgIpc) is 1.79. The van der Waals surface area contributed by atoms with Crippen LogP contribution in [0.25, 0.3) is 0 Å². The summed E-state index contributed by atoms with van der Waals surface area (Å²) < 4.78 is 0. The Morgan fingerprint density at radius 2 is 1.92 bits per heavy atom. The van der Waals surface area contributed by atoms with Crippen molar-refractivity contribution < 1.29 is 4.79 Å². The molecule has 1 unspecified atom stereocenters. The molecule has 3 nitrogen and oxygen atoms in total. The Kier molecular flexibility index (Phi) is 2.42. The van der Waals surface area contributed by atoms with Crippen LogP contribution < -0.4 is 5.73 Å². The summed E-state index contributed by atoms with van der Waals surface area (Å²) in [7, 11) is 0. The molecule has 1 aliphatic heterocycles. The molecule has 12 heavy (non-hydrogen) atoms. The molecule has 1 rings (SSSR count). The van der Waals surface area contributed by atoms with Crippen LogP contribution >= 0.6 is 0 Å². The highest BCUT2D eigenvalue weighted by Crippen LogP contribution is 2.21. The second kappa shape index (κ2) is 3.05. The van der Waals surface area contributed by atoms with E-state index in [0.29, 0.717) is 0 Å². The molecule has 0 aromatic rings. The molecule has 0 aliphatic carbocycles. The molecule has 1 aliphatic rings. The molecule has 69 valence electrons. The van der Waals surface area contributed by atoms with Crippen LogP contribution in [0.15, 0.2) is 0 Å². The van der Waals surface area contributed by atoms with Gasteiger partial charge >= 0.3 is 0 Å². The molecule has 1 N–H and O–H groups in total. The van der Waals surface area contributed by atoms with E-state index in [1.165, 1.54) is 0 Å². The minimum Gasteiger partial charge on any atom is -0.341 e. The van der Waals surface area contributed by atoms with Crippen molar-refractivity contribution in [1.29, 1.82) is 0 Å². The normalized spacial score (nSPS) is 20.2. The van der Waals surface area contributed by atoms with Gasteiger partial charge in [0.25, 0.3) is 0 Å². The summed E-state index contributed by atoms with van der Waals surface area (Å²) in [5.74, 6) is -0.00579. The Morgan fingerprint density at radius 1 is 1.42 bits per heavy atom. The smallest absolute Gasteiger partial charge is 0.241 e. The van der Waals surface area contributed by atoms with Crippen LogP contribution in [-0.2, 0) is 4.79 Å². The molecule has 3 heteroatoms. The van der Waals surface area contributed by atoms with Crippen molar-refractivity contribution >= 4 is 5.91 Å². The number of hydrogen-bond acceptors (Lipinski definition) is 1. The van der Waals surface area contributed by atoms with Gasteiger partial charge in [0.1, 0.15) is 6.04 Å². The standard InChI is InChI=1S/C9H17N2O/c1-9(2,3)7(10)8(12)11-5-4-6-11/h7,10H,4-6H2,1-3H3. The predicted octanol–water partition coefficient (Wildman–Crippen LogP) is 0.916. The molecule has 0 spiro atoms. The molecule has 0 bridgehead atoms. The molecular weight excluding hydrogens is 152 g/mol. The Hall–Kier alpha value is -0.570. The lowest BCUT2D eigenvalue weighted by Gasteiger charge is -2.36. The van der Waals surface area contributed by atoms with Gasteiger partial charge < -0.3 is 4.90 Å². The van der Waals surface area contributed by atoms with Crippen LogP contribution in [0, 0.1) is 5.41 Å². The molecule has 1 saturated heterocycles. The molecular formula is C9H17N2O. The molecule has 1 heterocycles. The van der Waals surface area contributed by atoms with Gasteiger partial charge in [-0.15, -0.1) is 0 Å². The van der Waals surface area contributed by atoms with E-state index >= 15 is 0 Å². The average molecular weight is 169 g/mol. The van der Waals surface area contributed by atoms with E-state index in [1.54, 1.807) is 4.90 Å². The fraction of sp³-hybridized carbons (Fsp3) is 0.889. The van der Waals surface area contributed by atoms with Crippen molar-refractivity contribution in [2.24, 2.45) is 5.41 Å². The SMILES string of the molecule is CC(C)(C)C([NH])C(=O)N1CCC1. The number of nitrogens with one attached hydrogen (secondary N) is 1. The van der Waals surface area contributed by atoms with Crippen molar-refractivity contribution in [1.82, 2.24) is 10.6 Å². The first-order valence-electron chi connectivity index (χ1n) is 4.43. The largest absolute Gasteiger partial charge is 0.341 e. The van der Waals surface area contributed by atoms with Gasteiger partial charge in [-0.2, -0.15) is 0 Å². The number of carbonyl (C=O) groups is 1. The Labute approximate surface area is 73.9 Å². The summed E-state index contributed by atoms with van der Waals surface area (Å²) in [4.78, 5) is 13.3. The number of rotatable bonds is 1. The maximum atomic E-state index is 11.5. The fourth-order valence-corrected chi connectivity index (χ4v) is 1.09. The van der Waals surface area contributed by atoms with Crippen LogP contribution in [0.1, 0.15) is 27.2 Å². The third-order valence-electron chi connectivity index (χ3n) is 2.28. The van der Waals surface area contributed by atoms with E-state index in [9.17, 15) is 4.79 Å². The molecule has 1 amide bonds. The second-order valence-electron chi connectivity index (χ2n) is 4.48. The van der Waals surface area contributed by atoms with Crippen LogP contribution in [-0.4, -0.2) is 29.9 Å². The maximum absolute atomic E-state index is 11.5. The van der Waals surface area contributed by atoms with Crippen molar-refractivity contribution in [3.05, 3.63) is 0 Å². The van der Waals surface area contributed by atoms with Gasteiger partial charge in [0.05, 0.1) is 0 Å². The van der Waals surface area contributed by atoms with Gasteiger partial charge in [-0.1, -0.05) is 20.8 Å². The summed E-state index contributed by atoms with van der Waals surface area (Å²) >= 11 is 0. The molecule has 0 aromatic heterocycles. The van der Waals surface area contributed by atoms with Crippen molar-refractivity contribution in [2.45, 2.75) is 33.2 Å². The van der Waals surface area contributed by atoms with Crippen LogP contribution in [0.4, 0.5) is 0 Å². The Balaban J connectivity index is 2.51. The van der Waals surface area contributed by atoms with Crippen molar-refractivity contribution in [3.63, 3.8) is 0 Å². The molecule has 1 atom stereocenters. The van der Waals surface area contributed by atoms with Gasteiger partial charge in [0.15, 0.2) is 0 Å². The van der Waals surface area contributed by atoms with Crippen molar-refractivity contribution in [2.75, 3.05) is 13.1 Å². The molecule has 1 radical (unpaired) electrons. The topological polar surface area (TPSA) is 44.1 Å². The zero-order chi connectivity index (χ0) is 9.35. The number of hydrogen-bond donors (Lipinski definition) is 0. The van der Waals surface area contributed by atoms with Gasteiger partial charge in [-0.3, -0.25) is 4.79 Å². The van der Waals surface area contributed by atoms with Gasteiger partial charge in [-0.05, 0) is 11.8 Å². The summed E-state index contributed by atoms with van der Waals surface area (Å²) in [5.41, 5.74) is 7.48. The minimum absolute atomic E-state index is 0.00579. The predicted molar refractivity (Wildman–Crippen MR) is 47.5 cm³/mol. The van der Waals surface area contributed by atoms with Crippen LogP contribution in [0.5, 0.6) is 0 Å². The van der Waals surface area contributed by atoms with Crippen molar-refractivity contribution in [3.8, 4) is 0 Å². The quantitative estimate of drug-likeness (QED) is 0.575. The highest BCUT2D eigenvalue weighted by Gasteiger charge is 2.33. The monoisotopic (exact) mass is 169 g/mol. The van der Waals surface area contributed by atoms with E-state index < -0.39 is 6.04 Å². The summed E-state index contributed by atoms with van der Waals surface area (Å²) in [5, 5.41) is 0. The first kappa shape index (κ1) is 9.52. The van der Waals surface area contributed by atoms with E-state index in [2.05, 4.69) is 0 Å². The molecule has 1 fully saturated rings. The van der Waals surface area contributed by atoms with Gasteiger partial charge in [-0.25, -0.2) is 5.73 Å². The summed E-state index contributed by atoms with van der Waals surface area (Å²) in [6.07, 6.45) is 1.10. The lowest BCUT2D eigenvalue weighted by molar-refractivity contribution is -0.138. The fourth-order valence-electron chi connectivity index (χ4n) is 1.09. The Morgan fingerprint density at radius 3 is 2.17 bits per heavy atom. The highest BCUT2D eigenvalue weighted by molar-refractivity contribution is 5.82. The number of carbonyl (C=O) groups excluding carboxylic acids is 1. The number of nitrogens with zero attached hydrogens (tertiary/aromatic N) is 1. The third-order valence-corrected chi connectivity index (χ3v) is 2.28. The molecule has 0 saturated carbocycles. The highest BCUT2D eigenvalue weighted by atomic mass is 16.2. The first-order chi connectivity index (χ1) is 5.43. The van der Waals surface area contributed by atoms with E-state index in [-0.39, 0.29) is 11.3 Å². The summed E-state index contributed by atoms with van der Waals surface area (Å²) in [6, 6.07) is -0.599. The summed E-state index contributed by atoms with van der Waals surface area (Å²) in [6.45, 7) is 7.50. The van der Waals surface area contributed by atoms with Gasteiger partial charge in [0, 0.05) is 13.1 Å². The first-order valence-corrected chi connectivity index (χ1v) is 4.43. The minimum atomic E-state index is -0.599. The number of likely N-dealkylation sites (tertiary alicyclic amines) is 1. The lowest BCUT2D eigenvalue weighted by Crippen LogP contribution is -2.51. The zero-order valence-corrected chi connectivity index (χ0v) is 8.05.